The van der Waals surface area contributed by atoms with Crippen molar-refractivity contribution in [1.82, 2.24) is 9.49 Å². The number of H-pyrrole nitrogens is 1. The molecule has 96 valence electrons. The van der Waals surface area contributed by atoms with Gasteiger partial charge in [0.25, 0.3) is 0 Å². The number of nitrogens with one attached hydrogen (secondary N) is 1. The summed E-state index contributed by atoms with van der Waals surface area (Å²) in [5, 5.41) is 0. The van der Waals surface area contributed by atoms with E-state index >= 15 is 0 Å². The summed E-state index contributed by atoms with van der Waals surface area (Å²) < 4.78 is 7.96. The summed E-state index contributed by atoms with van der Waals surface area (Å²) in [4.78, 5) is 0. The van der Waals surface area contributed by atoms with Crippen molar-refractivity contribution in [1.29, 1.82) is 0 Å². The zero-order valence-electron chi connectivity index (χ0n) is 11.0. The van der Waals surface area contributed by atoms with Crippen LogP contribution in [0.5, 0.6) is 0 Å². The van der Waals surface area contributed by atoms with Gasteiger partial charge in [-0.1, -0.05) is 51.4 Å². The van der Waals surface area contributed by atoms with Gasteiger partial charge in [-0.3, -0.25) is 0 Å². The van der Waals surface area contributed by atoms with Crippen LogP contribution < -0.4 is 0 Å². The molecule has 0 saturated heterocycles. The number of hydrogen-bond acceptors (Lipinski definition) is 1. The Balaban J connectivity index is 1.95. The van der Waals surface area contributed by atoms with Gasteiger partial charge in [-0.15, -0.1) is 0 Å². The van der Waals surface area contributed by atoms with Crippen molar-refractivity contribution in [3.05, 3.63) is 11.4 Å². The lowest BCUT2D eigenvalue weighted by Gasteiger charge is -2.15. The molecule has 0 amide bonds. The van der Waals surface area contributed by atoms with E-state index in [0.717, 1.165) is 14.4 Å². The average molecular weight is 252 g/mol. The quantitative estimate of drug-likeness (QED) is 0.722. The van der Waals surface area contributed by atoms with Crippen molar-refractivity contribution < 1.29 is 0 Å². The molecule has 2 rings (SSSR count). The van der Waals surface area contributed by atoms with E-state index in [9.17, 15) is 0 Å². The van der Waals surface area contributed by atoms with Crippen molar-refractivity contribution in [3.8, 4) is 0 Å². The molecule has 0 bridgehead atoms. The highest BCUT2D eigenvalue weighted by molar-refractivity contribution is 7.20. The molecule has 0 spiro atoms. The number of hydrogen-bond donors (Lipinski definition) is 1. The molecule has 2 nitrogen and oxygen atoms in total. The van der Waals surface area contributed by atoms with E-state index in [1.54, 1.807) is 0 Å². The maximum atomic E-state index is 4.63. The van der Waals surface area contributed by atoms with Gasteiger partial charge in [0, 0.05) is 11.6 Å². The number of aromatic amines is 1. The van der Waals surface area contributed by atoms with Gasteiger partial charge in [-0.05, 0) is 19.8 Å². The van der Waals surface area contributed by atoms with Crippen LogP contribution >= 0.6 is 8.51 Å². The molecule has 1 N–H and O–H groups in total. The molecule has 1 aromatic heterocycles. The van der Waals surface area contributed by atoms with Crippen LogP contribution in [0.4, 0.5) is 0 Å². The normalized spacial score (nSPS) is 21.5. The first-order valence-electron chi connectivity index (χ1n) is 7.25. The molecule has 0 atom stereocenters. The van der Waals surface area contributed by atoms with Crippen molar-refractivity contribution in [2.24, 2.45) is 0 Å². The first kappa shape index (κ1) is 13.1. The number of rotatable bonds is 1. The summed E-state index contributed by atoms with van der Waals surface area (Å²) in [5.41, 5.74) is 2.71. The number of aromatic nitrogens is 2. The van der Waals surface area contributed by atoms with Crippen LogP contribution in [0.2, 0.25) is 0 Å². The summed E-state index contributed by atoms with van der Waals surface area (Å²) >= 11 is 0. The molecule has 1 aliphatic rings. The largest absolute Gasteiger partial charge is 0.325 e. The molecule has 3 heteroatoms. The number of aryl methyl sites for hydroxylation is 1. The lowest BCUT2D eigenvalue weighted by Crippen LogP contribution is -2.02. The maximum Gasteiger partial charge on any atom is 0.129 e. The fourth-order valence-corrected chi connectivity index (χ4v) is 3.67. The van der Waals surface area contributed by atoms with E-state index in [2.05, 4.69) is 16.4 Å². The van der Waals surface area contributed by atoms with Crippen molar-refractivity contribution in [2.75, 3.05) is 0 Å². The van der Waals surface area contributed by atoms with E-state index in [1.165, 1.54) is 75.6 Å². The van der Waals surface area contributed by atoms with E-state index in [0.29, 0.717) is 0 Å². The van der Waals surface area contributed by atoms with Gasteiger partial charge in [-0.25, -0.2) is 4.75 Å². The van der Waals surface area contributed by atoms with Gasteiger partial charge in [0.05, 0.1) is 5.69 Å². The van der Waals surface area contributed by atoms with Crippen molar-refractivity contribution in [3.63, 3.8) is 0 Å². The minimum absolute atomic E-state index is 0.732. The van der Waals surface area contributed by atoms with Crippen molar-refractivity contribution >= 4 is 8.51 Å². The van der Waals surface area contributed by atoms with Crippen LogP contribution in [0, 0.1) is 6.92 Å². The van der Waals surface area contributed by atoms with E-state index in [-0.39, 0.29) is 0 Å². The first-order valence-corrected chi connectivity index (χ1v) is 8.10. The minimum Gasteiger partial charge on any atom is -0.325 e. The maximum absolute atomic E-state index is 4.63. The van der Waals surface area contributed by atoms with Gasteiger partial charge in [0.2, 0.25) is 0 Å². The van der Waals surface area contributed by atoms with Gasteiger partial charge in [0.1, 0.15) is 8.51 Å². The Kier molecular flexibility index (Phi) is 5.51. The molecule has 1 heterocycles. The molecular formula is C14H25N2P. The predicted octanol–water partition coefficient (Wildman–Crippen LogP) is 5.30. The second kappa shape index (κ2) is 7.16. The Morgan fingerprint density at radius 2 is 1.47 bits per heavy atom. The Morgan fingerprint density at radius 1 is 0.941 bits per heavy atom. The summed E-state index contributed by atoms with van der Waals surface area (Å²) in [6, 6.07) is 0. The summed E-state index contributed by atoms with van der Waals surface area (Å²) in [7, 11) is 1.05. The highest BCUT2D eigenvalue weighted by atomic mass is 31.1. The SMILES string of the molecule is Cc1[nH]pnc1C1CCCCCCCCCC1. The topological polar surface area (TPSA) is 28.7 Å². The highest BCUT2D eigenvalue weighted by Gasteiger charge is 2.16. The fraction of sp³-hybridized carbons (Fsp3) is 0.857. The van der Waals surface area contributed by atoms with Crippen LogP contribution in [0.25, 0.3) is 0 Å². The Hall–Kier alpha value is -0.360. The van der Waals surface area contributed by atoms with Gasteiger partial charge in [0.15, 0.2) is 0 Å². The van der Waals surface area contributed by atoms with E-state index in [1.807, 2.05) is 0 Å². The summed E-state index contributed by atoms with van der Waals surface area (Å²) in [5.74, 6) is 0.732. The molecule has 0 aliphatic heterocycles. The molecule has 1 saturated carbocycles. The standard InChI is InChI=1S/C14H25N2P/c1-12-14(16-17-15-12)13-10-8-6-4-2-3-5-7-9-11-13/h13H,2-11H2,1H3,(H,15,16). The third kappa shape index (κ3) is 4.10. The van der Waals surface area contributed by atoms with Gasteiger partial charge >= 0.3 is 0 Å². The van der Waals surface area contributed by atoms with E-state index < -0.39 is 0 Å². The predicted molar refractivity (Wildman–Crippen MR) is 74.7 cm³/mol. The van der Waals surface area contributed by atoms with Crippen LogP contribution in [0.1, 0.15) is 81.5 Å². The molecule has 1 aromatic rings. The zero-order chi connectivity index (χ0) is 11.9. The second-order valence-corrected chi connectivity index (χ2v) is 6.05. The van der Waals surface area contributed by atoms with Crippen LogP contribution in [-0.4, -0.2) is 9.49 Å². The average Bonchev–Trinajstić information content (AvgIpc) is 2.72. The lowest BCUT2D eigenvalue weighted by atomic mass is 9.91. The van der Waals surface area contributed by atoms with Crippen molar-refractivity contribution in [2.45, 2.75) is 77.0 Å². The Bertz CT molecular complexity index is 310. The fourth-order valence-electron chi connectivity index (χ4n) is 2.93. The molecule has 17 heavy (non-hydrogen) atoms. The van der Waals surface area contributed by atoms with Crippen LogP contribution in [0.3, 0.4) is 0 Å². The Morgan fingerprint density at radius 3 is 1.94 bits per heavy atom. The van der Waals surface area contributed by atoms with E-state index in [4.69, 9.17) is 0 Å². The molecule has 0 unspecified atom stereocenters. The summed E-state index contributed by atoms with van der Waals surface area (Å²) in [6.07, 6.45) is 14.1. The molecule has 0 radical (unpaired) electrons. The van der Waals surface area contributed by atoms with Crippen LogP contribution in [0.15, 0.2) is 0 Å². The molecule has 1 fully saturated rings. The Labute approximate surface area is 107 Å². The molecule has 0 aromatic carbocycles. The molecule has 1 aliphatic carbocycles. The van der Waals surface area contributed by atoms with Gasteiger partial charge < -0.3 is 4.75 Å². The van der Waals surface area contributed by atoms with Crippen LogP contribution in [-0.2, 0) is 0 Å². The first-order chi connectivity index (χ1) is 8.38. The highest BCUT2D eigenvalue weighted by Crippen LogP contribution is 2.30. The monoisotopic (exact) mass is 252 g/mol. The second-order valence-electron chi connectivity index (χ2n) is 5.42. The smallest absolute Gasteiger partial charge is 0.129 e. The zero-order valence-corrected chi connectivity index (χ0v) is 11.9. The third-order valence-corrected chi connectivity index (χ3v) is 4.75. The minimum atomic E-state index is 0.732. The lowest BCUT2D eigenvalue weighted by molar-refractivity contribution is 0.505. The number of nitrogens with zero attached hydrogens (tertiary/aromatic N) is 1. The van der Waals surface area contributed by atoms with Gasteiger partial charge in [-0.2, -0.15) is 0 Å². The third-order valence-electron chi connectivity index (χ3n) is 4.00. The molecular weight excluding hydrogens is 227 g/mol. The summed E-state index contributed by atoms with van der Waals surface area (Å²) in [6.45, 7) is 2.18.